The van der Waals surface area contributed by atoms with Gasteiger partial charge < -0.3 is 10.4 Å². The predicted molar refractivity (Wildman–Crippen MR) is 70.6 cm³/mol. The molecule has 2 N–H and O–H groups in total. The Kier molecular flexibility index (Phi) is 3.64. The Morgan fingerprint density at radius 1 is 1.37 bits per heavy atom. The fraction of sp³-hybridized carbons (Fsp3) is 0. The zero-order valence-electron chi connectivity index (χ0n) is 9.59. The van der Waals surface area contributed by atoms with Gasteiger partial charge in [-0.1, -0.05) is 11.6 Å². The van der Waals surface area contributed by atoms with Crippen LogP contribution in [0, 0.1) is 11.3 Å². The van der Waals surface area contributed by atoms with Crippen molar-refractivity contribution in [3.05, 3.63) is 52.8 Å². The highest BCUT2D eigenvalue weighted by molar-refractivity contribution is 6.33. The molecule has 19 heavy (non-hydrogen) atoms. The molecule has 0 bridgehead atoms. The maximum absolute atomic E-state index is 11.1. The highest BCUT2D eigenvalue weighted by Crippen LogP contribution is 2.27. The second kappa shape index (κ2) is 5.38. The molecule has 0 aliphatic heterocycles. The number of nitrogens with one attached hydrogen (secondary N) is 1. The smallest absolute Gasteiger partial charge is 0.337 e. The van der Waals surface area contributed by atoms with Crippen molar-refractivity contribution >= 4 is 28.9 Å². The number of carboxylic acids is 1. The molecule has 0 unspecified atom stereocenters. The number of anilines is 2. The molecule has 0 radical (unpaired) electrons. The Balaban J connectivity index is 2.42. The second-order valence-corrected chi connectivity index (χ2v) is 4.07. The molecule has 0 atom stereocenters. The molecular formula is C13H8ClN3O2. The summed E-state index contributed by atoms with van der Waals surface area (Å²) in [5.41, 5.74) is 1.27. The average molecular weight is 274 g/mol. The number of hydrogen-bond acceptors (Lipinski definition) is 4. The van der Waals surface area contributed by atoms with Gasteiger partial charge in [0.2, 0.25) is 0 Å². The van der Waals surface area contributed by atoms with Crippen molar-refractivity contribution in [3.63, 3.8) is 0 Å². The van der Waals surface area contributed by atoms with Crippen LogP contribution in [0.2, 0.25) is 5.02 Å². The number of pyridine rings is 1. The van der Waals surface area contributed by atoms with E-state index in [1.165, 1.54) is 18.5 Å². The van der Waals surface area contributed by atoms with E-state index in [1.807, 2.05) is 6.07 Å². The topological polar surface area (TPSA) is 86.0 Å². The number of nitrogens with zero attached hydrogens (tertiary/aromatic N) is 2. The number of aromatic nitrogens is 1. The van der Waals surface area contributed by atoms with E-state index in [0.29, 0.717) is 22.0 Å². The maximum atomic E-state index is 11.1. The van der Waals surface area contributed by atoms with Crippen LogP contribution in [-0.2, 0) is 0 Å². The van der Waals surface area contributed by atoms with Gasteiger partial charge in [0.25, 0.3) is 0 Å². The summed E-state index contributed by atoms with van der Waals surface area (Å²) >= 11 is 6.00. The molecular weight excluding hydrogens is 266 g/mol. The molecule has 1 aromatic heterocycles. The van der Waals surface area contributed by atoms with Crippen LogP contribution in [0.4, 0.5) is 11.4 Å². The van der Waals surface area contributed by atoms with Crippen LogP contribution in [0.5, 0.6) is 0 Å². The van der Waals surface area contributed by atoms with Crippen LogP contribution >= 0.6 is 11.6 Å². The standard InChI is InChI=1S/C13H8ClN3O2/c14-10-2-1-8(6-15)5-11(10)17-12-7-16-4-3-9(12)13(18)19/h1-5,7,17H,(H,18,19). The molecule has 1 heterocycles. The van der Waals surface area contributed by atoms with Gasteiger partial charge in [0.1, 0.15) is 0 Å². The van der Waals surface area contributed by atoms with Crippen molar-refractivity contribution in [2.75, 3.05) is 5.32 Å². The van der Waals surface area contributed by atoms with Gasteiger partial charge in [-0.15, -0.1) is 0 Å². The zero-order valence-corrected chi connectivity index (χ0v) is 10.3. The number of halogens is 1. The van der Waals surface area contributed by atoms with Crippen LogP contribution < -0.4 is 5.32 Å². The quantitative estimate of drug-likeness (QED) is 0.897. The Labute approximate surface area is 114 Å². The summed E-state index contributed by atoms with van der Waals surface area (Å²) in [4.78, 5) is 14.9. The summed E-state index contributed by atoms with van der Waals surface area (Å²) in [6.07, 6.45) is 2.78. The van der Waals surface area contributed by atoms with E-state index in [2.05, 4.69) is 10.3 Å². The van der Waals surface area contributed by atoms with E-state index in [0.717, 1.165) is 0 Å². The highest BCUT2D eigenvalue weighted by atomic mass is 35.5. The number of carboxylic acid groups (broad SMARTS) is 1. The van der Waals surface area contributed by atoms with E-state index in [1.54, 1.807) is 18.2 Å². The molecule has 0 fully saturated rings. The normalized spacial score (nSPS) is 9.68. The number of carbonyl (C=O) groups is 1. The minimum absolute atomic E-state index is 0.0772. The minimum atomic E-state index is -1.07. The zero-order chi connectivity index (χ0) is 13.8. The van der Waals surface area contributed by atoms with Gasteiger partial charge >= 0.3 is 5.97 Å². The summed E-state index contributed by atoms with van der Waals surface area (Å²) in [6.45, 7) is 0. The number of aromatic carboxylic acids is 1. The van der Waals surface area contributed by atoms with Crippen LogP contribution in [0.25, 0.3) is 0 Å². The molecule has 0 aliphatic carbocycles. The third kappa shape index (κ3) is 2.81. The summed E-state index contributed by atoms with van der Waals surface area (Å²) in [5, 5.41) is 21.2. The SMILES string of the molecule is N#Cc1ccc(Cl)c(Nc2cnccc2C(=O)O)c1. The lowest BCUT2D eigenvalue weighted by atomic mass is 10.2. The molecule has 0 saturated carbocycles. The van der Waals surface area contributed by atoms with E-state index >= 15 is 0 Å². The van der Waals surface area contributed by atoms with Crippen molar-refractivity contribution in [3.8, 4) is 6.07 Å². The number of benzene rings is 1. The summed E-state index contributed by atoms with van der Waals surface area (Å²) in [6, 6.07) is 8.06. The maximum Gasteiger partial charge on any atom is 0.337 e. The molecule has 0 amide bonds. The first-order chi connectivity index (χ1) is 9.11. The first kappa shape index (κ1) is 12.9. The highest BCUT2D eigenvalue weighted by Gasteiger charge is 2.11. The molecule has 0 saturated heterocycles. The van der Waals surface area contributed by atoms with Crippen molar-refractivity contribution in [2.45, 2.75) is 0 Å². The molecule has 0 aliphatic rings. The fourth-order valence-electron chi connectivity index (χ4n) is 1.52. The number of hydrogen-bond donors (Lipinski definition) is 2. The van der Waals surface area contributed by atoms with Gasteiger partial charge in [-0.25, -0.2) is 4.79 Å². The lowest BCUT2D eigenvalue weighted by Crippen LogP contribution is -2.03. The van der Waals surface area contributed by atoms with E-state index in [4.69, 9.17) is 22.0 Å². The van der Waals surface area contributed by atoms with Crippen molar-refractivity contribution < 1.29 is 9.90 Å². The van der Waals surface area contributed by atoms with Gasteiger partial charge in [-0.2, -0.15) is 5.26 Å². The van der Waals surface area contributed by atoms with Crippen molar-refractivity contribution in [2.24, 2.45) is 0 Å². The van der Waals surface area contributed by atoms with Crippen LogP contribution in [0.3, 0.4) is 0 Å². The van der Waals surface area contributed by atoms with E-state index < -0.39 is 5.97 Å². The third-order valence-corrected chi connectivity index (χ3v) is 2.75. The number of rotatable bonds is 3. The number of nitriles is 1. The average Bonchev–Trinajstić information content (AvgIpc) is 2.41. The Morgan fingerprint density at radius 2 is 2.16 bits per heavy atom. The lowest BCUT2D eigenvalue weighted by molar-refractivity contribution is 0.0698. The monoisotopic (exact) mass is 273 g/mol. The molecule has 6 heteroatoms. The largest absolute Gasteiger partial charge is 0.478 e. The molecule has 5 nitrogen and oxygen atoms in total. The molecule has 94 valence electrons. The molecule has 2 aromatic rings. The lowest BCUT2D eigenvalue weighted by Gasteiger charge is -2.10. The van der Waals surface area contributed by atoms with E-state index in [9.17, 15) is 4.79 Å². The first-order valence-electron chi connectivity index (χ1n) is 5.26. The molecule has 1 aromatic carbocycles. The van der Waals surface area contributed by atoms with Crippen LogP contribution in [0.1, 0.15) is 15.9 Å². The molecule has 0 spiro atoms. The van der Waals surface area contributed by atoms with Gasteiger partial charge in [0.15, 0.2) is 0 Å². The van der Waals surface area contributed by atoms with Crippen LogP contribution in [0.15, 0.2) is 36.7 Å². The van der Waals surface area contributed by atoms with Gasteiger partial charge in [0.05, 0.1) is 39.8 Å². The Morgan fingerprint density at radius 3 is 2.84 bits per heavy atom. The molecule has 2 rings (SSSR count). The van der Waals surface area contributed by atoms with Crippen molar-refractivity contribution in [1.29, 1.82) is 5.26 Å². The minimum Gasteiger partial charge on any atom is -0.478 e. The van der Waals surface area contributed by atoms with Gasteiger partial charge in [-0.3, -0.25) is 4.98 Å². The van der Waals surface area contributed by atoms with Crippen molar-refractivity contribution in [1.82, 2.24) is 4.98 Å². The van der Waals surface area contributed by atoms with Gasteiger partial charge in [0, 0.05) is 6.20 Å². The summed E-state index contributed by atoms with van der Waals surface area (Å²) in [7, 11) is 0. The predicted octanol–water partition coefficient (Wildman–Crippen LogP) is 3.05. The Bertz CT molecular complexity index is 680. The Hall–Kier alpha value is -2.58. The van der Waals surface area contributed by atoms with E-state index in [-0.39, 0.29) is 5.56 Å². The summed E-state index contributed by atoms with van der Waals surface area (Å²) in [5.74, 6) is -1.07. The fourth-order valence-corrected chi connectivity index (χ4v) is 1.68. The third-order valence-electron chi connectivity index (χ3n) is 2.42. The summed E-state index contributed by atoms with van der Waals surface area (Å²) < 4.78 is 0. The van der Waals surface area contributed by atoms with Gasteiger partial charge in [-0.05, 0) is 24.3 Å². The second-order valence-electron chi connectivity index (χ2n) is 3.66. The van der Waals surface area contributed by atoms with Crippen LogP contribution in [-0.4, -0.2) is 16.1 Å². The first-order valence-corrected chi connectivity index (χ1v) is 5.63.